The smallest absolute Gasteiger partial charge is 0.335 e. The highest BCUT2D eigenvalue weighted by molar-refractivity contribution is 7.07. The van der Waals surface area contributed by atoms with Crippen molar-refractivity contribution in [3.63, 3.8) is 0 Å². The predicted octanol–water partition coefficient (Wildman–Crippen LogP) is 3.15. The molecule has 1 aromatic carbocycles. The maximum absolute atomic E-state index is 11.0. The number of aromatic carboxylic acids is 1. The Hall–Kier alpha value is -2.14. The summed E-state index contributed by atoms with van der Waals surface area (Å²) in [4.78, 5) is 15.4. The van der Waals surface area contributed by atoms with Gasteiger partial charge in [0.05, 0.1) is 23.1 Å². The lowest BCUT2D eigenvalue weighted by molar-refractivity contribution is 0.0697. The second-order valence-corrected chi connectivity index (χ2v) is 5.17. The van der Waals surface area contributed by atoms with Gasteiger partial charge in [-0.05, 0) is 47.5 Å². The highest BCUT2D eigenvalue weighted by Crippen LogP contribution is 2.20. The number of carbonyl (C=O) groups is 1. The molecule has 0 aliphatic heterocycles. The molecule has 0 saturated heterocycles. The van der Waals surface area contributed by atoms with E-state index < -0.39 is 5.97 Å². The van der Waals surface area contributed by atoms with Crippen molar-refractivity contribution < 1.29 is 9.90 Å². The summed E-state index contributed by atoms with van der Waals surface area (Å²) in [6.45, 7) is 2.70. The van der Waals surface area contributed by atoms with Crippen LogP contribution in [-0.4, -0.2) is 20.6 Å². The summed E-state index contributed by atoms with van der Waals surface area (Å²) < 4.78 is 2.10. The van der Waals surface area contributed by atoms with E-state index in [0.29, 0.717) is 0 Å². The van der Waals surface area contributed by atoms with Crippen molar-refractivity contribution in [2.24, 2.45) is 0 Å². The monoisotopic (exact) mass is 272 g/mol. The van der Waals surface area contributed by atoms with Crippen LogP contribution in [0.4, 0.5) is 0 Å². The first-order valence-corrected chi connectivity index (χ1v) is 6.80. The fraction of sp³-hybridized carbons (Fsp3) is 0.143. The molecule has 2 heterocycles. The minimum Gasteiger partial charge on any atom is -0.478 e. The lowest BCUT2D eigenvalue weighted by Gasteiger charge is -2.05. The van der Waals surface area contributed by atoms with Crippen LogP contribution in [0.5, 0.6) is 0 Å². The molecule has 5 heteroatoms. The van der Waals surface area contributed by atoms with Crippen LogP contribution in [0, 0.1) is 6.92 Å². The molecule has 0 atom stereocenters. The number of thiophene rings is 1. The Kier molecular flexibility index (Phi) is 2.83. The summed E-state index contributed by atoms with van der Waals surface area (Å²) >= 11 is 1.67. The van der Waals surface area contributed by atoms with Gasteiger partial charge in [-0.1, -0.05) is 0 Å². The number of carboxylic acids is 1. The maximum atomic E-state index is 11.0. The van der Waals surface area contributed by atoms with E-state index >= 15 is 0 Å². The molecule has 3 rings (SSSR count). The van der Waals surface area contributed by atoms with Crippen molar-refractivity contribution in [1.29, 1.82) is 0 Å². The molecule has 0 bridgehead atoms. The third-order valence-electron chi connectivity index (χ3n) is 3.11. The number of rotatable bonds is 3. The molecule has 1 N–H and O–H groups in total. The van der Waals surface area contributed by atoms with E-state index in [9.17, 15) is 4.79 Å². The van der Waals surface area contributed by atoms with Gasteiger partial charge in [-0.3, -0.25) is 0 Å². The molecule has 0 unspecified atom stereocenters. The normalized spacial score (nSPS) is 11.0. The molecule has 2 aromatic heterocycles. The fourth-order valence-electron chi connectivity index (χ4n) is 2.15. The van der Waals surface area contributed by atoms with Crippen LogP contribution in [0.1, 0.15) is 21.7 Å². The van der Waals surface area contributed by atoms with Crippen LogP contribution in [0.25, 0.3) is 11.0 Å². The number of benzene rings is 1. The second kappa shape index (κ2) is 4.51. The van der Waals surface area contributed by atoms with E-state index in [1.807, 2.05) is 18.4 Å². The van der Waals surface area contributed by atoms with Crippen LogP contribution in [0.2, 0.25) is 0 Å². The van der Waals surface area contributed by atoms with E-state index in [4.69, 9.17) is 5.11 Å². The van der Waals surface area contributed by atoms with Crippen molar-refractivity contribution in [3.8, 4) is 0 Å². The molecule has 0 amide bonds. The van der Waals surface area contributed by atoms with Crippen molar-refractivity contribution in [2.75, 3.05) is 0 Å². The average molecular weight is 272 g/mol. The number of imidazole rings is 1. The standard InChI is InChI=1S/C14H12N2O2S/c1-9-15-12-6-11(14(17)18)2-3-13(12)16(9)7-10-4-5-19-8-10/h2-6,8H,7H2,1H3,(H,17,18). The largest absolute Gasteiger partial charge is 0.478 e. The Morgan fingerprint density at radius 2 is 2.26 bits per heavy atom. The van der Waals surface area contributed by atoms with Gasteiger partial charge >= 0.3 is 5.97 Å². The highest BCUT2D eigenvalue weighted by Gasteiger charge is 2.11. The second-order valence-electron chi connectivity index (χ2n) is 4.39. The lowest BCUT2D eigenvalue weighted by Crippen LogP contribution is -2.01. The molecule has 0 spiro atoms. The Bertz CT molecular complexity index is 744. The number of carboxylic acid groups (broad SMARTS) is 1. The van der Waals surface area contributed by atoms with Crippen molar-refractivity contribution in [1.82, 2.24) is 9.55 Å². The number of fused-ring (bicyclic) bond motifs is 1. The van der Waals surface area contributed by atoms with Gasteiger partial charge in [-0.15, -0.1) is 0 Å². The molecule has 0 saturated carbocycles. The van der Waals surface area contributed by atoms with Crippen molar-refractivity contribution in [2.45, 2.75) is 13.5 Å². The van der Waals surface area contributed by atoms with Gasteiger partial charge in [0.2, 0.25) is 0 Å². The van der Waals surface area contributed by atoms with E-state index in [1.165, 1.54) is 5.56 Å². The molecule has 0 aliphatic carbocycles. The summed E-state index contributed by atoms with van der Waals surface area (Å²) in [6, 6.07) is 7.15. The lowest BCUT2D eigenvalue weighted by atomic mass is 10.2. The summed E-state index contributed by atoms with van der Waals surface area (Å²) in [5, 5.41) is 13.2. The number of aromatic nitrogens is 2. The first-order chi connectivity index (χ1) is 9.15. The molecule has 3 aromatic rings. The van der Waals surface area contributed by atoms with Gasteiger partial charge in [0.15, 0.2) is 0 Å². The molecule has 0 fully saturated rings. The van der Waals surface area contributed by atoms with E-state index in [-0.39, 0.29) is 5.56 Å². The fourth-order valence-corrected chi connectivity index (χ4v) is 2.81. The topological polar surface area (TPSA) is 55.1 Å². The van der Waals surface area contributed by atoms with Gasteiger partial charge in [0, 0.05) is 0 Å². The van der Waals surface area contributed by atoms with Gasteiger partial charge in [-0.2, -0.15) is 11.3 Å². The quantitative estimate of drug-likeness (QED) is 0.796. The Balaban J connectivity index is 2.09. The average Bonchev–Trinajstić information content (AvgIpc) is 2.98. The van der Waals surface area contributed by atoms with Crippen LogP contribution in [-0.2, 0) is 6.54 Å². The summed E-state index contributed by atoms with van der Waals surface area (Å²) in [7, 11) is 0. The molecular weight excluding hydrogens is 260 g/mol. The number of hydrogen-bond donors (Lipinski definition) is 1. The number of aryl methyl sites for hydroxylation is 1. The van der Waals surface area contributed by atoms with Gasteiger partial charge in [-0.25, -0.2) is 9.78 Å². The summed E-state index contributed by atoms with van der Waals surface area (Å²) in [6.07, 6.45) is 0. The highest BCUT2D eigenvalue weighted by atomic mass is 32.1. The third-order valence-corrected chi connectivity index (χ3v) is 3.84. The third kappa shape index (κ3) is 2.13. The van der Waals surface area contributed by atoms with Crippen LogP contribution >= 0.6 is 11.3 Å². The van der Waals surface area contributed by atoms with Crippen LogP contribution < -0.4 is 0 Å². The Morgan fingerprint density at radius 1 is 1.42 bits per heavy atom. The summed E-state index contributed by atoms with van der Waals surface area (Å²) in [5.41, 5.74) is 3.20. The molecule has 0 radical (unpaired) electrons. The molecular formula is C14H12N2O2S. The van der Waals surface area contributed by atoms with Crippen LogP contribution in [0.3, 0.4) is 0 Å². The molecule has 96 valence electrons. The van der Waals surface area contributed by atoms with Crippen LogP contribution in [0.15, 0.2) is 35.0 Å². The number of hydrogen-bond acceptors (Lipinski definition) is 3. The predicted molar refractivity (Wildman–Crippen MR) is 74.9 cm³/mol. The van der Waals surface area contributed by atoms with Gasteiger partial charge in [0.25, 0.3) is 0 Å². The number of nitrogens with zero attached hydrogens (tertiary/aromatic N) is 2. The zero-order valence-corrected chi connectivity index (χ0v) is 11.1. The maximum Gasteiger partial charge on any atom is 0.335 e. The molecule has 4 nitrogen and oxygen atoms in total. The molecule has 19 heavy (non-hydrogen) atoms. The van der Waals surface area contributed by atoms with Gasteiger partial charge in [0.1, 0.15) is 5.82 Å². The van der Waals surface area contributed by atoms with Crippen molar-refractivity contribution >= 4 is 28.3 Å². The van der Waals surface area contributed by atoms with Gasteiger partial charge < -0.3 is 9.67 Å². The first kappa shape index (κ1) is 11.9. The van der Waals surface area contributed by atoms with E-state index in [2.05, 4.69) is 21.0 Å². The van der Waals surface area contributed by atoms with E-state index in [0.717, 1.165) is 23.4 Å². The Morgan fingerprint density at radius 3 is 2.95 bits per heavy atom. The SMILES string of the molecule is Cc1nc2cc(C(=O)O)ccc2n1Cc1ccsc1. The minimum atomic E-state index is -0.924. The first-order valence-electron chi connectivity index (χ1n) is 5.86. The minimum absolute atomic E-state index is 0.271. The zero-order chi connectivity index (χ0) is 13.4. The van der Waals surface area contributed by atoms with E-state index in [1.54, 1.807) is 23.5 Å². The van der Waals surface area contributed by atoms with Crippen molar-refractivity contribution in [3.05, 3.63) is 52.0 Å². The zero-order valence-electron chi connectivity index (χ0n) is 10.3. The summed E-state index contributed by atoms with van der Waals surface area (Å²) in [5.74, 6) is -0.0318. The molecule has 0 aliphatic rings. The Labute approximate surface area is 113 Å².